The minimum absolute atomic E-state index is 0.212. The van der Waals surface area contributed by atoms with Gasteiger partial charge in [-0.1, -0.05) is 19.1 Å². The Balaban J connectivity index is 1.76. The topological polar surface area (TPSA) is 80.6 Å². The Morgan fingerprint density at radius 1 is 1.21 bits per heavy atom. The van der Waals surface area contributed by atoms with Crippen molar-refractivity contribution in [3.05, 3.63) is 47.3 Å². The molecule has 1 saturated heterocycles. The zero-order chi connectivity index (χ0) is 21.2. The molecule has 0 radical (unpaired) electrons. The van der Waals surface area contributed by atoms with Crippen molar-refractivity contribution in [1.82, 2.24) is 14.2 Å². The van der Waals surface area contributed by atoms with E-state index in [1.807, 2.05) is 24.3 Å². The lowest BCUT2D eigenvalue weighted by Crippen LogP contribution is -2.38. The standard InChI is InChI=1S/C21H29N3O4S/c1-15-9-11-24(12-10-15)29(26,27)20-13-19(23(3)16(20)2)21(25)22-14-17-5-7-18(28-4)8-6-17/h5-8,13,15H,9-12,14H2,1-4H3,(H,22,25). The molecule has 1 aromatic heterocycles. The van der Waals surface area contributed by atoms with Crippen LogP contribution in [-0.2, 0) is 23.6 Å². The van der Waals surface area contributed by atoms with Gasteiger partial charge in [0.15, 0.2) is 0 Å². The van der Waals surface area contributed by atoms with Gasteiger partial charge in [0.1, 0.15) is 16.3 Å². The second-order valence-corrected chi connectivity index (χ2v) is 9.56. The Kier molecular flexibility index (Phi) is 6.33. The third-order valence-electron chi connectivity index (χ3n) is 5.69. The highest BCUT2D eigenvalue weighted by atomic mass is 32.2. The molecule has 8 heteroatoms. The summed E-state index contributed by atoms with van der Waals surface area (Å²) in [4.78, 5) is 12.9. The summed E-state index contributed by atoms with van der Waals surface area (Å²) >= 11 is 0. The quantitative estimate of drug-likeness (QED) is 0.781. The van der Waals surface area contributed by atoms with Crippen LogP contribution in [0.5, 0.6) is 5.75 Å². The number of hydrogen-bond donors (Lipinski definition) is 1. The van der Waals surface area contributed by atoms with Gasteiger partial charge in [-0.05, 0) is 49.4 Å². The number of ether oxygens (including phenoxy) is 1. The van der Waals surface area contributed by atoms with Crippen molar-refractivity contribution in [3.63, 3.8) is 0 Å². The summed E-state index contributed by atoms with van der Waals surface area (Å²) in [5, 5.41) is 2.86. The summed E-state index contributed by atoms with van der Waals surface area (Å²) < 4.78 is 34.5. The highest BCUT2D eigenvalue weighted by molar-refractivity contribution is 7.89. The summed E-state index contributed by atoms with van der Waals surface area (Å²) in [7, 11) is -0.289. The van der Waals surface area contributed by atoms with Gasteiger partial charge >= 0.3 is 0 Å². The Morgan fingerprint density at radius 3 is 2.41 bits per heavy atom. The molecule has 1 N–H and O–H groups in total. The number of hydrogen-bond acceptors (Lipinski definition) is 4. The van der Waals surface area contributed by atoms with Crippen molar-refractivity contribution in [2.24, 2.45) is 13.0 Å². The Labute approximate surface area is 172 Å². The Hall–Kier alpha value is -2.32. The first-order chi connectivity index (χ1) is 13.7. The van der Waals surface area contributed by atoms with Crippen molar-refractivity contribution in [2.45, 2.75) is 38.1 Å². The second-order valence-electron chi connectivity index (χ2n) is 7.66. The summed E-state index contributed by atoms with van der Waals surface area (Å²) in [6, 6.07) is 8.91. The molecule has 1 aromatic carbocycles. The maximum atomic E-state index is 13.1. The summed E-state index contributed by atoms with van der Waals surface area (Å²) in [6.07, 6.45) is 1.72. The fourth-order valence-electron chi connectivity index (χ4n) is 3.53. The number of nitrogens with zero attached hydrogens (tertiary/aromatic N) is 2. The van der Waals surface area contributed by atoms with Crippen LogP contribution in [0.3, 0.4) is 0 Å². The van der Waals surface area contributed by atoms with Crippen LogP contribution in [-0.4, -0.2) is 43.4 Å². The zero-order valence-electron chi connectivity index (χ0n) is 17.4. The number of carbonyl (C=O) groups is 1. The van der Waals surface area contributed by atoms with E-state index in [4.69, 9.17) is 4.74 Å². The van der Waals surface area contributed by atoms with Crippen LogP contribution in [0.1, 0.15) is 41.5 Å². The van der Waals surface area contributed by atoms with Crippen molar-refractivity contribution in [3.8, 4) is 5.75 Å². The molecular formula is C21H29N3O4S. The lowest BCUT2D eigenvalue weighted by molar-refractivity contribution is 0.0942. The zero-order valence-corrected chi connectivity index (χ0v) is 18.3. The van der Waals surface area contributed by atoms with E-state index in [0.29, 0.717) is 36.9 Å². The number of piperidine rings is 1. The van der Waals surface area contributed by atoms with Crippen LogP contribution in [0.15, 0.2) is 35.2 Å². The van der Waals surface area contributed by atoms with Crippen LogP contribution in [0.25, 0.3) is 0 Å². The van der Waals surface area contributed by atoms with E-state index in [0.717, 1.165) is 24.2 Å². The van der Waals surface area contributed by atoms with E-state index in [1.165, 1.54) is 10.4 Å². The fraction of sp³-hybridized carbons (Fsp3) is 0.476. The highest BCUT2D eigenvalue weighted by Gasteiger charge is 2.32. The molecule has 2 aromatic rings. The van der Waals surface area contributed by atoms with Crippen LogP contribution in [0, 0.1) is 12.8 Å². The molecule has 2 heterocycles. The lowest BCUT2D eigenvalue weighted by Gasteiger charge is -2.29. The maximum Gasteiger partial charge on any atom is 0.268 e. The Bertz CT molecular complexity index is 972. The largest absolute Gasteiger partial charge is 0.497 e. The van der Waals surface area contributed by atoms with Gasteiger partial charge in [0.05, 0.1) is 7.11 Å². The number of benzene rings is 1. The molecule has 0 aliphatic carbocycles. The Morgan fingerprint density at radius 2 is 1.83 bits per heavy atom. The van der Waals surface area contributed by atoms with Crippen LogP contribution in [0.4, 0.5) is 0 Å². The monoisotopic (exact) mass is 419 g/mol. The second kappa shape index (κ2) is 8.59. The molecule has 7 nitrogen and oxygen atoms in total. The molecule has 0 spiro atoms. The van der Waals surface area contributed by atoms with Crippen molar-refractivity contribution >= 4 is 15.9 Å². The number of amides is 1. The van der Waals surface area contributed by atoms with Gasteiger partial charge < -0.3 is 14.6 Å². The molecule has 1 fully saturated rings. The average molecular weight is 420 g/mol. The molecular weight excluding hydrogens is 390 g/mol. The minimum atomic E-state index is -3.61. The molecule has 29 heavy (non-hydrogen) atoms. The SMILES string of the molecule is COc1ccc(CNC(=O)c2cc(S(=O)(=O)N3CCC(C)CC3)c(C)n2C)cc1. The number of aromatic nitrogens is 1. The third kappa shape index (κ3) is 4.48. The number of rotatable bonds is 6. The number of methoxy groups -OCH3 is 1. The molecule has 0 atom stereocenters. The lowest BCUT2D eigenvalue weighted by atomic mass is 10.0. The summed E-state index contributed by atoms with van der Waals surface area (Å²) in [6.45, 7) is 5.27. The van der Waals surface area contributed by atoms with E-state index >= 15 is 0 Å². The van der Waals surface area contributed by atoms with Gasteiger partial charge in [-0.3, -0.25) is 4.79 Å². The molecule has 1 aliphatic heterocycles. The fourth-order valence-corrected chi connectivity index (χ4v) is 5.27. The molecule has 0 saturated carbocycles. The van der Waals surface area contributed by atoms with Gasteiger partial charge in [0, 0.05) is 32.4 Å². The average Bonchev–Trinajstić information content (AvgIpc) is 3.02. The molecule has 1 amide bonds. The van der Waals surface area contributed by atoms with Crippen molar-refractivity contribution < 1.29 is 17.9 Å². The van der Waals surface area contributed by atoms with Gasteiger partial charge in [-0.25, -0.2) is 8.42 Å². The van der Waals surface area contributed by atoms with E-state index in [2.05, 4.69) is 12.2 Å². The smallest absolute Gasteiger partial charge is 0.268 e. The van der Waals surface area contributed by atoms with Crippen molar-refractivity contribution in [1.29, 1.82) is 0 Å². The van der Waals surface area contributed by atoms with Gasteiger partial charge in [-0.15, -0.1) is 0 Å². The van der Waals surface area contributed by atoms with E-state index < -0.39 is 10.0 Å². The number of nitrogens with one attached hydrogen (secondary N) is 1. The summed E-state index contributed by atoms with van der Waals surface area (Å²) in [5.41, 5.74) is 1.83. The van der Waals surface area contributed by atoms with Crippen LogP contribution in [0.2, 0.25) is 0 Å². The van der Waals surface area contributed by atoms with E-state index in [9.17, 15) is 13.2 Å². The van der Waals surface area contributed by atoms with Gasteiger partial charge in [-0.2, -0.15) is 4.31 Å². The van der Waals surface area contributed by atoms with Gasteiger partial charge in [0.25, 0.3) is 5.91 Å². The number of sulfonamides is 1. The molecule has 158 valence electrons. The first kappa shape index (κ1) is 21.4. The van der Waals surface area contributed by atoms with E-state index in [1.54, 1.807) is 25.6 Å². The van der Waals surface area contributed by atoms with Crippen LogP contribution < -0.4 is 10.1 Å². The number of carbonyl (C=O) groups excluding carboxylic acids is 1. The molecule has 0 bridgehead atoms. The summed E-state index contributed by atoms with van der Waals surface area (Å²) in [5.74, 6) is 0.984. The van der Waals surface area contributed by atoms with E-state index in [-0.39, 0.29) is 10.8 Å². The van der Waals surface area contributed by atoms with Crippen LogP contribution >= 0.6 is 0 Å². The first-order valence-electron chi connectivity index (χ1n) is 9.81. The first-order valence-corrected chi connectivity index (χ1v) is 11.3. The third-order valence-corrected chi connectivity index (χ3v) is 7.71. The predicted molar refractivity (Wildman–Crippen MR) is 111 cm³/mol. The molecule has 0 unspecified atom stereocenters. The molecule has 1 aliphatic rings. The highest BCUT2D eigenvalue weighted by Crippen LogP contribution is 2.27. The molecule has 3 rings (SSSR count). The normalized spacial score (nSPS) is 16.0. The van der Waals surface area contributed by atoms with Crippen molar-refractivity contribution in [2.75, 3.05) is 20.2 Å². The maximum absolute atomic E-state index is 13.1. The van der Waals surface area contributed by atoms with Gasteiger partial charge in [0.2, 0.25) is 10.0 Å². The predicted octanol–water partition coefficient (Wildman–Crippen LogP) is 2.69. The minimum Gasteiger partial charge on any atom is -0.497 e.